The third kappa shape index (κ3) is 9.26. The number of esters is 1. The molecule has 0 aromatic heterocycles. The standard InChI is InChI=1S/C40H55NO9/c1-24-16-10-8-11-17-25(2)36(47-6)32(37(48-7)33(42)26(3)22-24)31-23-27(4)34(43)38(50-31)35(44)39(45)41-21-15-14-20-30(41)40(46)49-28(5)29-18-12-9-13-19-29/h8-13,16-19,24,26-28,30-32,34,36-38,43H,14-15,20-23H2,1-7H3/b11-8+,16-10-,25-17+/t24-,26+,27?,28?,30?,31+,32?,34-,36+,37?,38-/m1/s1. The Balaban J connectivity index is 1.62. The molecule has 10 heteroatoms. The van der Waals surface area contributed by atoms with Gasteiger partial charge in [0.05, 0.1) is 18.3 Å². The number of piperidine rings is 1. The van der Waals surface area contributed by atoms with Crippen LogP contribution in [0, 0.1) is 23.7 Å². The molecule has 4 rings (SSSR count). The number of amides is 1. The molecule has 1 aliphatic carbocycles. The molecule has 0 spiro atoms. The number of ether oxygens (including phenoxy) is 4. The summed E-state index contributed by atoms with van der Waals surface area (Å²) in [6, 6.07) is 8.36. The van der Waals surface area contributed by atoms with E-state index in [4.69, 9.17) is 18.9 Å². The molecule has 1 aromatic rings. The second kappa shape index (κ2) is 18.2. The smallest absolute Gasteiger partial charge is 0.329 e. The van der Waals surface area contributed by atoms with Crippen molar-refractivity contribution in [2.45, 2.75) is 109 Å². The van der Waals surface area contributed by atoms with Crippen molar-refractivity contribution in [2.24, 2.45) is 23.7 Å². The molecule has 0 bridgehead atoms. The lowest BCUT2D eigenvalue weighted by atomic mass is 9.75. The molecule has 5 unspecified atom stereocenters. The molecular formula is C40H55NO9. The quantitative estimate of drug-likeness (QED) is 0.283. The molecule has 1 aromatic carbocycles. The van der Waals surface area contributed by atoms with Crippen LogP contribution in [0.3, 0.4) is 0 Å². The fourth-order valence-electron chi connectivity index (χ4n) is 7.63. The van der Waals surface area contributed by atoms with Crippen molar-refractivity contribution in [3.05, 3.63) is 71.8 Å². The fourth-order valence-corrected chi connectivity index (χ4v) is 7.63. The maximum atomic E-state index is 14.1. The number of aliphatic hydroxyl groups is 1. The van der Waals surface area contributed by atoms with Crippen molar-refractivity contribution in [1.29, 1.82) is 0 Å². The van der Waals surface area contributed by atoms with Crippen LogP contribution in [0.25, 0.3) is 0 Å². The number of hydrogen-bond acceptors (Lipinski definition) is 9. The molecule has 2 saturated heterocycles. The van der Waals surface area contributed by atoms with Gasteiger partial charge in [-0.1, -0.05) is 81.5 Å². The number of carbonyl (C=O) groups excluding carboxylic acids is 4. The monoisotopic (exact) mass is 693 g/mol. The van der Waals surface area contributed by atoms with E-state index >= 15 is 0 Å². The molecular weight excluding hydrogens is 638 g/mol. The summed E-state index contributed by atoms with van der Waals surface area (Å²) in [6.07, 6.45) is 6.63. The van der Waals surface area contributed by atoms with Gasteiger partial charge in [-0.05, 0) is 68.9 Å². The van der Waals surface area contributed by atoms with Crippen molar-refractivity contribution >= 4 is 23.4 Å². The predicted molar refractivity (Wildman–Crippen MR) is 189 cm³/mol. The van der Waals surface area contributed by atoms with Gasteiger partial charge >= 0.3 is 5.97 Å². The number of likely N-dealkylation sites (tertiary alicyclic amines) is 1. The zero-order chi connectivity index (χ0) is 36.5. The van der Waals surface area contributed by atoms with E-state index in [0.717, 1.165) is 11.1 Å². The molecule has 0 saturated carbocycles. The Kier molecular flexibility index (Phi) is 14.3. The van der Waals surface area contributed by atoms with Gasteiger partial charge in [-0.2, -0.15) is 0 Å². The van der Waals surface area contributed by atoms with Crippen molar-refractivity contribution in [3.63, 3.8) is 0 Å². The lowest BCUT2D eigenvalue weighted by Gasteiger charge is -2.45. The minimum atomic E-state index is -1.52. The van der Waals surface area contributed by atoms with Crippen LogP contribution in [0.15, 0.2) is 66.3 Å². The summed E-state index contributed by atoms with van der Waals surface area (Å²) in [5.41, 5.74) is 1.63. The van der Waals surface area contributed by atoms with Gasteiger partial charge in [0.1, 0.15) is 18.2 Å². The maximum Gasteiger partial charge on any atom is 0.329 e. The van der Waals surface area contributed by atoms with E-state index in [9.17, 15) is 24.3 Å². The third-order valence-electron chi connectivity index (χ3n) is 10.5. The van der Waals surface area contributed by atoms with E-state index in [1.807, 2.05) is 68.5 Å². The minimum absolute atomic E-state index is 0.111. The van der Waals surface area contributed by atoms with Gasteiger partial charge in [0.25, 0.3) is 11.7 Å². The van der Waals surface area contributed by atoms with Crippen molar-refractivity contribution in [3.8, 4) is 0 Å². The number of ketones is 2. The first kappa shape index (κ1) is 39.3. The zero-order valence-corrected chi connectivity index (χ0v) is 30.5. The Bertz CT molecular complexity index is 1420. The second-order valence-electron chi connectivity index (χ2n) is 14.2. The molecule has 2 fully saturated rings. The topological polar surface area (TPSA) is 129 Å². The van der Waals surface area contributed by atoms with Crippen LogP contribution in [-0.4, -0.2) is 90.8 Å². The van der Waals surface area contributed by atoms with Crippen LogP contribution in [0.1, 0.15) is 78.4 Å². The molecule has 3 aliphatic rings. The lowest BCUT2D eigenvalue weighted by molar-refractivity contribution is -0.195. The molecule has 2 heterocycles. The van der Waals surface area contributed by atoms with Crippen molar-refractivity contribution < 1.29 is 43.2 Å². The average molecular weight is 694 g/mol. The first-order chi connectivity index (χ1) is 23.9. The van der Waals surface area contributed by atoms with Crippen LogP contribution in [0.5, 0.6) is 0 Å². The van der Waals surface area contributed by atoms with E-state index in [-0.39, 0.29) is 24.2 Å². The van der Waals surface area contributed by atoms with Gasteiger partial charge < -0.3 is 29.0 Å². The highest BCUT2D eigenvalue weighted by Crippen LogP contribution is 2.38. The van der Waals surface area contributed by atoms with Crippen LogP contribution >= 0.6 is 0 Å². The Hall–Kier alpha value is -3.44. The van der Waals surface area contributed by atoms with Crippen molar-refractivity contribution in [2.75, 3.05) is 20.8 Å². The van der Waals surface area contributed by atoms with E-state index in [1.54, 1.807) is 21.0 Å². The SMILES string of the molecule is COC1C(=O)[C@@H](C)C[C@H](C)\C=C/C=C/C=C(\C)[C@H](OC)C1[C@@H]1CC(C)[C@@H](O)[C@H](C(=O)C(=O)N2CCCCC2C(=O)OC(C)c2ccccc2)O1. The highest BCUT2D eigenvalue weighted by Gasteiger charge is 2.51. The highest BCUT2D eigenvalue weighted by atomic mass is 16.5. The van der Waals surface area contributed by atoms with E-state index in [2.05, 4.69) is 13.0 Å². The lowest BCUT2D eigenvalue weighted by Crippen LogP contribution is -2.59. The van der Waals surface area contributed by atoms with Crippen LogP contribution < -0.4 is 0 Å². The summed E-state index contributed by atoms with van der Waals surface area (Å²) < 4.78 is 24.2. The fraction of sp³-hybridized carbons (Fsp3) is 0.600. The third-order valence-corrected chi connectivity index (χ3v) is 10.5. The van der Waals surface area contributed by atoms with Crippen LogP contribution in [0.2, 0.25) is 0 Å². The van der Waals surface area contributed by atoms with Crippen molar-refractivity contribution in [1.82, 2.24) is 4.90 Å². The maximum absolute atomic E-state index is 14.1. The number of Topliss-reactive ketones (excluding diaryl/α,β-unsaturated/α-hetero) is 2. The number of methoxy groups -OCH3 is 2. The number of hydrogen-bond donors (Lipinski definition) is 1. The predicted octanol–water partition coefficient (Wildman–Crippen LogP) is 5.35. The zero-order valence-electron chi connectivity index (χ0n) is 30.5. The molecule has 10 nitrogen and oxygen atoms in total. The molecule has 2 aliphatic heterocycles. The summed E-state index contributed by atoms with van der Waals surface area (Å²) >= 11 is 0. The van der Waals surface area contributed by atoms with E-state index in [0.29, 0.717) is 32.1 Å². The first-order valence-electron chi connectivity index (χ1n) is 17.9. The number of allylic oxidation sites excluding steroid dienone is 5. The summed E-state index contributed by atoms with van der Waals surface area (Å²) in [6.45, 7) is 9.60. The molecule has 1 N–H and O–H groups in total. The number of rotatable bonds is 8. The Morgan fingerprint density at radius 2 is 1.66 bits per heavy atom. The van der Waals surface area contributed by atoms with Gasteiger partial charge in [0.15, 0.2) is 11.9 Å². The molecule has 50 heavy (non-hydrogen) atoms. The molecule has 1 amide bonds. The highest BCUT2D eigenvalue weighted by molar-refractivity contribution is 6.38. The summed E-state index contributed by atoms with van der Waals surface area (Å²) in [5, 5.41) is 11.3. The number of carbonyl (C=O) groups is 4. The van der Waals surface area contributed by atoms with Gasteiger partial charge in [-0.3, -0.25) is 14.4 Å². The van der Waals surface area contributed by atoms with Crippen LogP contribution in [0.4, 0.5) is 0 Å². The number of nitrogens with zero attached hydrogens (tertiary/aromatic N) is 1. The Morgan fingerprint density at radius 1 is 0.960 bits per heavy atom. The van der Waals surface area contributed by atoms with E-state index in [1.165, 1.54) is 12.0 Å². The summed E-state index contributed by atoms with van der Waals surface area (Å²) in [4.78, 5) is 56.8. The normalized spacial score (nSPS) is 35.6. The molecule has 274 valence electrons. The average Bonchev–Trinajstić information content (AvgIpc) is 3.12. The summed E-state index contributed by atoms with van der Waals surface area (Å²) in [5.74, 6) is -3.90. The molecule has 11 atom stereocenters. The summed E-state index contributed by atoms with van der Waals surface area (Å²) in [7, 11) is 3.04. The molecule has 0 radical (unpaired) electrons. The van der Waals surface area contributed by atoms with Crippen LogP contribution in [-0.2, 0) is 38.1 Å². The van der Waals surface area contributed by atoms with Gasteiger partial charge in [-0.15, -0.1) is 0 Å². The number of benzene rings is 1. The largest absolute Gasteiger partial charge is 0.456 e. The second-order valence-corrected chi connectivity index (χ2v) is 14.2. The Morgan fingerprint density at radius 3 is 2.34 bits per heavy atom. The van der Waals surface area contributed by atoms with E-state index < -0.39 is 72.2 Å². The minimum Gasteiger partial charge on any atom is -0.456 e. The first-order valence-corrected chi connectivity index (χ1v) is 17.9. The number of aliphatic hydroxyl groups excluding tert-OH is 1. The Labute approximate surface area is 296 Å². The van der Waals surface area contributed by atoms with Gasteiger partial charge in [0.2, 0.25) is 0 Å². The van der Waals surface area contributed by atoms with Gasteiger partial charge in [-0.25, -0.2) is 4.79 Å². The van der Waals surface area contributed by atoms with Gasteiger partial charge in [0, 0.05) is 32.6 Å².